The van der Waals surface area contributed by atoms with Crippen molar-refractivity contribution >= 4 is 12.0 Å². The van der Waals surface area contributed by atoms with Crippen LogP contribution in [0.15, 0.2) is 54.6 Å². The normalized spacial score (nSPS) is 12.4. The highest BCUT2D eigenvalue weighted by Gasteiger charge is 2.17. The van der Waals surface area contributed by atoms with Gasteiger partial charge in [0.05, 0.1) is 13.2 Å². The van der Waals surface area contributed by atoms with Gasteiger partial charge in [0, 0.05) is 6.08 Å². The van der Waals surface area contributed by atoms with Crippen molar-refractivity contribution < 1.29 is 13.9 Å². The van der Waals surface area contributed by atoms with Crippen LogP contribution in [0.1, 0.15) is 31.0 Å². The first-order chi connectivity index (χ1) is 11.5. The monoisotopic (exact) mass is 327 g/mol. The minimum Gasteiger partial charge on any atom is -0.497 e. The van der Waals surface area contributed by atoms with Crippen LogP contribution in [0.3, 0.4) is 0 Å². The predicted molar refractivity (Wildman–Crippen MR) is 94.1 cm³/mol. The molecule has 1 atom stereocenters. The lowest BCUT2D eigenvalue weighted by molar-refractivity contribution is -0.117. The molecule has 2 rings (SSSR count). The van der Waals surface area contributed by atoms with Gasteiger partial charge in [-0.15, -0.1) is 0 Å². The van der Waals surface area contributed by atoms with Crippen molar-refractivity contribution in [1.29, 1.82) is 0 Å². The molecule has 2 aromatic rings. The Labute approximate surface area is 142 Å². The van der Waals surface area contributed by atoms with Gasteiger partial charge in [0.2, 0.25) is 5.91 Å². The molecular weight excluding hydrogens is 305 g/mol. The summed E-state index contributed by atoms with van der Waals surface area (Å²) in [4.78, 5) is 12.2. The summed E-state index contributed by atoms with van der Waals surface area (Å²) in [6.45, 7) is 4.03. The molecule has 1 amide bonds. The fourth-order valence-corrected chi connectivity index (χ4v) is 2.42. The maximum Gasteiger partial charge on any atom is 0.244 e. The van der Waals surface area contributed by atoms with E-state index in [0.717, 1.165) is 16.9 Å². The molecule has 0 heterocycles. The number of carbonyl (C=O) groups is 1. The maximum atomic E-state index is 13.1. The van der Waals surface area contributed by atoms with Crippen molar-refractivity contribution in [3.8, 4) is 5.75 Å². The number of nitrogens with one attached hydrogen (secondary N) is 1. The lowest BCUT2D eigenvalue weighted by Gasteiger charge is -2.22. The van der Waals surface area contributed by atoms with E-state index < -0.39 is 0 Å². The Hall–Kier alpha value is -2.62. The van der Waals surface area contributed by atoms with Gasteiger partial charge >= 0.3 is 0 Å². The molecule has 0 aliphatic heterocycles. The van der Waals surface area contributed by atoms with Gasteiger partial charge in [0.15, 0.2) is 0 Å². The van der Waals surface area contributed by atoms with Crippen LogP contribution >= 0.6 is 0 Å². The molecule has 0 radical (unpaired) electrons. The largest absolute Gasteiger partial charge is 0.497 e. The average Bonchev–Trinajstić information content (AvgIpc) is 2.59. The highest BCUT2D eigenvalue weighted by atomic mass is 19.1. The first kappa shape index (κ1) is 17.7. The molecule has 0 bridgehead atoms. The maximum absolute atomic E-state index is 13.1. The highest BCUT2D eigenvalue weighted by Crippen LogP contribution is 2.22. The Morgan fingerprint density at radius 3 is 2.50 bits per heavy atom. The molecule has 24 heavy (non-hydrogen) atoms. The molecule has 4 heteroatoms. The third-order valence-corrected chi connectivity index (χ3v) is 3.71. The summed E-state index contributed by atoms with van der Waals surface area (Å²) in [5.74, 6) is 0.444. The standard InChI is InChI=1S/C20H22FNO2/c1-14(2)20(16-8-10-17(21)11-9-16)22-19(23)12-7-15-5-4-6-18(13-15)24-3/h4-14,20H,1-3H3,(H,22,23)/b12-7+/t20-/m1/s1. The summed E-state index contributed by atoms with van der Waals surface area (Å²) in [7, 11) is 1.60. The van der Waals surface area contributed by atoms with Gasteiger partial charge in [-0.2, -0.15) is 0 Å². The summed E-state index contributed by atoms with van der Waals surface area (Å²) in [6, 6.07) is 13.5. The average molecular weight is 327 g/mol. The number of carbonyl (C=O) groups excluding carboxylic acids is 1. The number of benzene rings is 2. The summed E-state index contributed by atoms with van der Waals surface area (Å²) < 4.78 is 18.2. The second-order valence-corrected chi connectivity index (χ2v) is 5.89. The zero-order valence-corrected chi connectivity index (χ0v) is 14.1. The van der Waals surface area contributed by atoms with Gasteiger partial charge in [-0.1, -0.05) is 38.1 Å². The first-order valence-electron chi connectivity index (χ1n) is 7.87. The lowest BCUT2D eigenvalue weighted by atomic mass is 9.96. The van der Waals surface area contributed by atoms with Gasteiger partial charge in [-0.3, -0.25) is 4.79 Å². The smallest absolute Gasteiger partial charge is 0.244 e. The molecule has 0 aliphatic rings. The van der Waals surface area contributed by atoms with Gasteiger partial charge in [0.1, 0.15) is 11.6 Å². The Morgan fingerprint density at radius 1 is 1.17 bits per heavy atom. The minimum atomic E-state index is -0.287. The Morgan fingerprint density at radius 2 is 1.88 bits per heavy atom. The fourth-order valence-electron chi connectivity index (χ4n) is 2.42. The second-order valence-electron chi connectivity index (χ2n) is 5.89. The molecule has 0 saturated heterocycles. The number of rotatable bonds is 6. The number of ether oxygens (including phenoxy) is 1. The van der Waals surface area contributed by atoms with Crippen LogP contribution in [0.2, 0.25) is 0 Å². The van der Waals surface area contributed by atoms with Crippen molar-refractivity contribution in [2.75, 3.05) is 7.11 Å². The second kappa shape index (κ2) is 8.29. The van der Waals surface area contributed by atoms with Crippen LogP contribution < -0.4 is 10.1 Å². The van der Waals surface area contributed by atoms with Gasteiger partial charge < -0.3 is 10.1 Å². The van der Waals surface area contributed by atoms with Crippen molar-refractivity contribution in [1.82, 2.24) is 5.32 Å². The molecule has 3 nitrogen and oxygen atoms in total. The minimum absolute atomic E-state index is 0.173. The van der Waals surface area contributed by atoms with Crippen LogP contribution in [0.5, 0.6) is 5.75 Å². The molecule has 0 spiro atoms. The number of hydrogen-bond donors (Lipinski definition) is 1. The van der Waals surface area contributed by atoms with Crippen molar-refractivity contribution in [2.24, 2.45) is 5.92 Å². The Balaban J connectivity index is 2.07. The zero-order valence-electron chi connectivity index (χ0n) is 14.1. The van der Waals surface area contributed by atoms with Crippen LogP contribution in [0, 0.1) is 11.7 Å². The predicted octanol–water partition coefficient (Wildman–Crippen LogP) is 4.36. The van der Waals surface area contributed by atoms with Gasteiger partial charge in [-0.05, 0) is 47.4 Å². The van der Waals surface area contributed by atoms with Crippen LogP contribution in [0.25, 0.3) is 6.08 Å². The van der Waals surface area contributed by atoms with E-state index in [9.17, 15) is 9.18 Å². The van der Waals surface area contributed by atoms with E-state index in [1.165, 1.54) is 18.2 Å². The molecule has 0 aliphatic carbocycles. The van der Waals surface area contributed by atoms with E-state index in [1.54, 1.807) is 25.3 Å². The molecule has 0 unspecified atom stereocenters. The van der Waals surface area contributed by atoms with Crippen molar-refractivity contribution in [3.63, 3.8) is 0 Å². The number of halogens is 1. The van der Waals surface area contributed by atoms with E-state index in [0.29, 0.717) is 0 Å². The summed E-state index contributed by atoms with van der Waals surface area (Å²) in [5, 5.41) is 2.97. The number of amides is 1. The lowest BCUT2D eigenvalue weighted by Crippen LogP contribution is -2.30. The quantitative estimate of drug-likeness (QED) is 0.801. The fraction of sp³-hybridized carbons (Fsp3) is 0.250. The molecule has 0 aromatic heterocycles. The molecule has 0 fully saturated rings. The molecule has 0 saturated carbocycles. The van der Waals surface area contributed by atoms with E-state index in [4.69, 9.17) is 4.74 Å². The summed E-state index contributed by atoms with van der Waals surface area (Å²) in [5.41, 5.74) is 1.77. The Bertz CT molecular complexity index is 708. The van der Waals surface area contributed by atoms with E-state index in [-0.39, 0.29) is 23.7 Å². The Kier molecular flexibility index (Phi) is 6.13. The van der Waals surface area contributed by atoms with Gasteiger partial charge in [-0.25, -0.2) is 4.39 Å². The highest BCUT2D eigenvalue weighted by molar-refractivity contribution is 5.92. The first-order valence-corrected chi connectivity index (χ1v) is 7.87. The van der Waals surface area contributed by atoms with Gasteiger partial charge in [0.25, 0.3) is 0 Å². The van der Waals surface area contributed by atoms with Crippen LogP contribution in [-0.4, -0.2) is 13.0 Å². The summed E-state index contributed by atoms with van der Waals surface area (Å²) in [6.07, 6.45) is 3.23. The topological polar surface area (TPSA) is 38.3 Å². The molecule has 126 valence electrons. The molecule has 2 aromatic carbocycles. The van der Waals surface area contributed by atoms with Crippen molar-refractivity contribution in [2.45, 2.75) is 19.9 Å². The summed E-state index contributed by atoms with van der Waals surface area (Å²) >= 11 is 0. The third kappa shape index (κ3) is 4.95. The SMILES string of the molecule is COc1cccc(/C=C/C(=O)N[C@@H](c2ccc(F)cc2)C(C)C)c1. The molecular formula is C20H22FNO2. The van der Waals surface area contributed by atoms with Crippen LogP contribution in [-0.2, 0) is 4.79 Å². The number of hydrogen-bond acceptors (Lipinski definition) is 2. The molecule has 1 N–H and O–H groups in total. The van der Waals surface area contributed by atoms with E-state index >= 15 is 0 Å². The number of methoxy groups -OCH3 is 1. The van der Waals surface area contributed by atoms with Crippen LogP contribution in [0.4, 0.5) is 4.39 Å². The van der Waals surface area contributed by atoms with Crippen molar-refractivity contribution in [3.05, 3.63) is 71.6 Å². The van der Waals surface area contributed by atoms with E-state index in [1.807, 2.05) is 38.1 Å². The zero-order chi connectivity index (χ0) is 17.5. The van der Waals surface area contributed by atoms with E-state index in [2.05, 4.69) is 5.32 Å². The third-order valence-electron chi connectivity index (χ3n) is 3.71.